The number of hydrogen-bond donors (Lipinski definition) is 1. The predicted octanol–water partition coefficient (Wildman–Crippen LogP) is 8.79. The van der Waals surface area contributed by atoms with Crippen LogP contribution in [0.4, 0.5) is 8.78 Å². The molecule has 0 heterocycles. The number of hydrogen-bond acceptors (Lipinski definition) is 7. The van der Waals surface area contributed by atoms with Gasteiger partial charge in [0.25, 0.3) is 0 Å². The van der Waals surface area contributed by atoms with Gasteiger partial charge in [0.15, 0.2) is 0 Å². The van der Waals surface area contributed by atoms with Crippen LogP contribution >= 0.6 is 0 Å². The number of benzene rings is 1. The Morgan fingerprint density at radius 3 is 2.10 bits per heavy atom. The molecule has 1 aromatic carbocycles. The Labute approximate surface area is 305 Å². The van der Waals surface area contributed by atoms with E-state index in [1.54, 1.807) is 58.0 Å². The Kier molecular flexibility index (Phi) is 22.8. The normalized spacial score (nSPS) is 13.5. The summed E-state index contributed by atoms with van der Waals surface area (Å²) in [4.78, 5) is 40.2. The van der Waals surface area contributed by atoms with Crippen LogP contribution in [0.1, 0.15) is 124 Å². The number of allylic oxidation sites excluding steroid dienone is 1. The molecular formula is C41H63F2NO7. The second-order valence-corrected chi connectivity index (χ2v) is 14.0. The smallest absolute Gasteiger partial charge is 0.328 e. The zero-order valence-electron chi connectivity index (χ0n) is 32.1. The molecule has 0 aliphatic carbocycles. The minimum Gasteiger partial charge on any atom is -0.481 e. The van der Waals surface area contributed by atoms with Crippen LogP contribution in [0.5, 0.6) is 5.75 Å². The van der Waals surface area contributed by atoms with Gasteiger partial charge in [0.2, 0.25) is 11.8 Å². The first-order valence-corrected chi connectivity index (χ1v) is 18.5. The van der Waals surface area contributed by atoms with Gasteiger partial charge in [0.1, 0.15) is 24.0 Å². The molecule has 1 aromatic rings. The van der Waals surface area contributed by atoms with Crippen LogP contribution in [0.2, 0.25) is 0 Å². The number of ether oxygens (including phenoxy) is 4. The van der Waals surface area contributed by atoms with Crippen molar-refractivity contribution in [2.75, 3.05) is 27.4 Å². The van der Waals surface area contributed by atoms with Crippen LogP contribution in [-0.2, 0) is 35.0 Å². The zero-order valence-corrected chi connectivity index (χ0v) is 32.1. The summed E-state index contributed by atoms with van der Waals surface area (Å²) < 4.78 is 50.1. The van der Waals surface area contributed by atoms with Crippen LogP contribution in [0.15, 0.2) is 36.4 Å². The Hall–Kier alpha value is -3.45. The molecule has 1 N–H and O–H groups in total. The van der Waals surface area contributed by atoms with Gasteiger partial charge in [-0.05, 0) is 77.5 Å². The summed E-state index contributed by atoms with van der Waals surface area (Å²) in [6.07, 6.45) is 11.7. The molecule has 3 atom stereocenters. The highest BCUT2D eigenvalue weighted by atomic mass is 19.3. The first-order chi connectivity index (χ1) is 24.3. The molecule has 0 aliphatic heterocycles. The van der Waals surface area contributed by atoms with Gasteiger partial charge in [-0.2, -0.15) is 0 Å². The van der Waals surface area contributed by atoms with Gasteiger partial charge in [-0.1, -0.05) is 75.7 Å². The van der Waals surface area contributed by atoms with Gasteiger partial charge in [0, 0.05) is 33.0 Å². The maximum atomic E-state index is 14.3. The van der Waals surface area contributed by atoms with Crippen molar-refractivity contribution >= 4 is 17.8 Å². The maximum Gasteiger partial charge on any atom is 0.328 e. The van der Waals surface area contributed by atoms with Gasteiger partial charge in [-0.15, -0.1) is 5.92 Å². The fourth-order valence-corrected chi connectivity index (χ4v) is 5.58. The highest BCUT2D eigenvalue weighted by Crippen LogP contribution is 2.29. The molecule has 8 nitrogen and oxygen atoms in total. The van der Waals surface area contributed by atoms with Crippen LogP contribution in [-0.4, -0.2) is 62.8 Å². The van der Waals surface area contributed by atoms with Crippen LogP contribution < -0.4 is 10.1 Å². The quantitative estimate of drug-likeness (QED) is 0.0442. The molecular weight excluding hydrogens is 656 g/mol. The molecule has 0 saturated heterocycles. The van der Waals surface area contributed by atoms with Gasteiger partial charge in [0.05, 0.1) is 18.9 Å². The lowest BCUT2D eigenvalue weighted by atomic mass is 9.87. The summed E-state index contributed by atoms with van der Waals surface area (Å²) in [6, 6.07) is 6.10. The number of halogens is 2. The number of alkyl halides is 2. The average molecular weight is 720 g/mol. The van der Waals surface area contributed by atoms with Gasteiger partial charge >= 0.3 is 11.9 Å². The summed E-state index contributed by atoms with van der Waals surface area (Å²) in [7, 11) is 2.77. The van der Waals surface area contributed by atoms with E-state index in [1.807, 2.05) is 6.08 Å². The second kappa shape index (κ2) is 25.5. The van der Waals surface area contributed by atoms with Crippen molar-refractivity contribution in [2.45, 2.75) is 142 Å². The second-order valence-electron chi connectivity index (χ2n) is 14.0. The van der Waals surface area contributed by atoms with Crippen LogP contribution in [0.25, 0.3) is 0 Å². The number of nitrogens with one attached hydrogen (secondary N) is 1. The monoisotopic (exact) mass is 719 g/mol. The number of unbranched alkanes of at least 4 members (excludes halogenated alkanes) is 8. The number of amides is 1. The van der Waals surface area contributed by atoms with E-state index in [2.05, 4.69) is 24.1 Å². The molecule has 0 aromatic heterocycles. The molecule has 288 valence electrons. The van der Waals surface area contributed by atoms with Crippen LogP contribution in [0, 0.1) is 23.7 Å². The Morgan fingerprint density at radius 1 is 0.902 bits per heavy atom. The molecule has 1 amide bonds. The lowest BCUT2D eigenvalue weighted by Crippen LogP contribution is -2.48. The Bertz CT molecular complexity index is 1230. The van der Waals surface area contributed by atoms with E-state index in [9.17, 15) is 23.2 Å². The van der Waals surface area contributed by atoms with Gasteiger partial charge in [-0.3, -0.25) is 9.59 Å². The lowest BCUT2D eigenvalue weighted by molar-refractivity contribution is -0.163. The predicted molar refractivity (Wildman–Crippen MR) is 198 cm³/mol. The van der Waals surface area contributed by atoms with Crippen molar-refractivity contribution in [1.82, 2.24) is 5.32 Å². The van der Waals surface area contributed by atoms with E-state index in [0.29, 0.717) is 31.4 Å². The number of methoxy groups -OCH3 is 2. The summed E-state index contributed by atoms with van der Waals surface area (Å²) in [5.74, 6) is 0.0572. The highest BCUT2D eigenvalue weighted by molar-refractivity contribution is 5.90. The van der Waals surface area contributed by atoms with Crippen molar-refractivity contribution in [1.29, 1.82) is 0 Å². The summed E-state index contributed by atoms with van der Waals surface area (Å²) >= 11 is 0. The Morgan fingerprint density at radius 2 is 1.53 bits per heavy atom. The van der Waals surface area contributed by atoms with E-state index < -0.39 is 47.2 Å². The van der Waals surface area contributed by atoms with E-state index >= 15 is 0 Å². The lowest BCUT2D eigenvalue weighted by Gasteiger charge is -2.28. The summed E-state index contributed by atoms with van der Waals surface area (Å²) in [5, 5.41) is 2.82. The minimum absolute atomic E-state index is 0.0436. The third-order valence-corrected chi connectivity index (χ3v) is 8.38. The molecule has 0 fully saturated rings. The summed E-state index contributed by atoms with van der Waals surface area (Å²) in [6.45, 7) is 9.58. The standard InChI is InChI=1S/C41H63F2NO7/c1-8-10-12-16-19-27-41(42,43)28-20-17-14-13-15-18-21-34(35(26-30-48-6)38(46)51-40(3,4)5)37(45)44-36(39(47)49-7)31-32-22-24-33(25-23-32)50-29-11-9-2/h18,21-25,34-36H,8,10,12-17,19-20,26-31H2,1-7H3,(H,44,45)/b21-18+/t34-,35+,36-/m0/s1. The van der Waals surface area contributed by atoms with Crippen molar-refractivity contribution in [3.8, 4) is 17.6 Å². The Balaban J connectivity index is 3.01. The van der Waals surface area contributed by atoms with Crippen molar-refractivity contribution < 1.29 is 42.1 Å². The molecule has 0 radical (unpaired) electrons. The van der Waals surface area contributed by atoms with Crippen molar-refractivity contribution in [3.63, 3.8) is 0 Å². The number of carbonyl (C=O) groups is 3. The number of carbonyl (C=O) groups excluding carboxylic acids is 3. The molecule has 1 rings (SSSR count). The van der Waals surface area contributed by atoms with E-state index in [0.717, 1.165) is 44.1 Å². The highest BCUT2D eigenvalue weighted by Gasteiger charge is 2.36. The molecule has 0 bridgehead atoms. The molecule has 0 spiro atoms. The molecule has 0 saturated carbocycles. The largest absolute Gasteiger partial charge is 0.481 e. The maximum absolute atomic E-state index is 14.3. The van der Waals surface area contributed by atoms with Crippen LogP contribution in [0.3, 0.4) is 0 Å². The molecule has 0 unspecified atom stereocenters. The molecule has 0 aliphatic rings. The molecule has 51 heavy (non-hydrogen) atoms. The van der Waals surface area contributed by atoms with Crippen molar-refractivity contribution in [2.24, 2.45) is 11.8 Å². The first-order valence-electron chi connectivity index (χ1n) is 18.5. The van der Waals surface area contributed by atoms with Gasteiger partial charge in [-0.25, -0.2) is 13.6 Å². The topological polar surface area (TPSA) is 100 Å². The zero-order chi connectivity index (χ0) is 38.1. The van der Waals surface area contributed by atoms with Crippen molar-refractivity contribution in [3.05, 3.63) is 42.0 Å². The first kappa shape index (κ1) is 45.6. The minimum atomic E-state index is -2.62. The number of esters is 2. The van der Waals surface area contributed by atoms with Gasteiger partial charge < -0.3 is 24.3 Å². The fraction of sp³-hybridized carbons (Fsp3) is 0.683. The fourth-order valence-electron chi connectivity index (χ4n) is 5.58. The summed E-state index contributed by atoms with van der Waals surface area (Å²) in [5.41, 5.74) is -0.0217. The molecule has 10 heteroatoms. The third-order valence-electron chi connectivity index (χ3n) is 8.38. The third kappa shape index (κ3) is 20.9. The number of rotatable bonds is 26. The van der Waals surface area contributed by atoms with E-state index in [-0.39, 0.29) is 38.9 Å². The SMILES string of the molecule is CC#CCOc1ccc(C[C@H](NC(=O)[C@@H](/C=C/CCCCCCC(F)(F)CCCCCCC)[C@@H](CCOC)C(=O)OC(C)(C)C)C(=O)OC)cc1. The average Bonchev–Trinajstić information content (AvgIpc) is 3.07. The van der Waals surface area contributed by atoms with E-state index in [4.69, 9.17) is 18.9 Å². The van der Waals surface area contributed by atoms with E-state index in [1.165, 1.54) is 14.2 Å².